The summed E-state index contributed by atoms with van der Waals surface area (Å²) in [7, 11) is 1.86. The average Bonchev–Trinajstić information content (AvgIpc) is 2.42. The minimum absolute atomic E-state index is 0.211. The molecule has 3 unspecified atom stereocenters. The van der Waals surface area contributed by atoms with E-state index in [1.165, 1.54) is 0 Å². The summed E-state index contributed by atoms with van der Waals surface area (Å²) >= 11 is 0. The van der Waals surface area contributed by atoms with Gasteiger partial charge in [-0.3, -0.25) is 4.74 Å². The van der Waals surface area contributed by atoms with Crippen molar-refractivity contribution in [3.8, 4) is 0 Å². The Hall–Kier alpha value is -0.290. The Kier molecular flexibility index (Phi) is 4.00. The standard InChI is InChI=1S/C10H18F3NO/c1-4-7(2)9-5-8(6-14(9)3)15-10(11,12)13/h7-9H,4-6H2,1-3H3. The summed E-state index contributed by atoms with van der Waals surface area (Å²) in [5, 5.41) is 0. The summed E-state index contributed by atoms with van der Waals surface area (Å²) in [6, 6.07) is 0.211. The Bertz CT molecular complexity index is 207. The highest BCUT2D eigenvalue weighted by molar-refractivity contribution is 4.86. The number of rotatable bonds is 3. The van der Waals surface area contributed by atoms with Crippen molar-refractivity contribution in [2.45, 2.75) is 45.2 Å². The van der Waals surface area contributed by atoms with E-state index in [-0.39, 0.29) is 6.04 Å². The fourth-order valence-electron chi connectivity index (χ4n) is 2.19. The van der Waals surface area contributed by atoms with Crippen molar-refractivity contribution >= 4 is 0 Å². The molecule has 0 aromatic heterocycles. The van der Waals surface area contributed by atoms with Crippen LogP contribution in [0.15, 0.2) is 0 Å². The van der Waals surface area contributed by atoms with Gasteiger partial charge in [0.05, 0.1) is 6.10 Å². The third-order valence-electron chi connectivity index (χ3n) is 3.16. The second kappa shape index (κ2) is 4.70. The molecule has 0 aromatic carbocycles. The molecular formula is C10H18F3NO. The topological polar surface area (TPSA) is 12.5 Å². The van der Waals surface area contributed by atoms with Gasteiger partial charge in [0.15, 0.2) is 0 Å². The predicted octanol–water partition coefficient (Wildman–Crippen LogP) is 2.64. The number of likely N-dealkylation sites (tertiary alicyclic amines) is 1. The molecule has 0 saturated carbocycles. The van der Waals surface area contributed by atoms with E-state index in [2.05, 4.69) is 18.6 Å². The molecule has 0 radical (unpaired) electrons. The fourth-order valence-corrected chi connectivity index (χ4v) is 2.19. The summed E-state index contributed by atoms with van der Waals surface area (Å²) < 4.78 is 40.1. The number of likely N-dealkylation sites (N-methyl/N-ethyl adjacent to an activating group) is 1. The van der Waals surface area contributed by atoms with Crippen molar-refractivity contribution < 1.29 is 17.9 Å². The molecule has 0 bridgehead atoms. The van der Waals surface area contributed by atoms with Crippen LogP contribution in [0.2, 0.25) is 0 Å². The molecule has 5 heteroatoms. The van der Waals surface area contributed by atoms with Gasteiger partial charge < -0.3 is 4.90 Å². The summed E-state index contributed by atoms with van der Waals surface area (Å²) in [5.41, 5.74) is 0. The molecule has 0 aliphatic carbocycles. The molecule has 0 amide bonds. The van der Waals surface area contributed by atoms with Crippen molar-refractivity contribution in [2.24, 2.45) is 5.92 Å². The minimum atomic E-state index is -4.50. The molecule has 1 rings (SSSR count). The van der Waals surface area contributed by atoms with E-state index in [4.69, 9.17) is 0 Å². The van der Waals surface area contributed by atoms with Gasteiger partial charge >= 0.3 is 6.36 Å². The molecule has 1 saturated heterocycles. The summed E-state index contributed by atoms with van der Waals surface area (Å²) in [5.74, 6) is 0.414. The number of ether oxygens (including phenoxy) is 1. The lowest BCUT2D eigenvalue weighted by Gasteiger charge is -2.24. The van der Waals surface area contributed by atoms with Gasteiger partial charge in [0.25, 0.3) is 0 Å². The van der Waals surface area contributed by atoms with Crippen molar-refractivity contribution in [3.63, 3.8) is 0 Å². The summed E-state index contributed by atoms with van der Waals surface area (Å²) in [4.78, 5) is 1.96. The Balaban J connectivity index is 2.48. The first-order valence-electron chi connectivity index (χ1n) is 5.28. The maximum absolute atomic E-state index is 12.0. The molecular weight excluding hydrogens is 207 g/mol. The van der Waals surface area contributed by atoms with Gasteiger partial charge in [-0.2, -0.15) is 0 Å². The van der Waals surface area contributed by atoms with Gasteiger partial charge in [0, 0.05) is 12.6 Å². The van der Waals surface area contributed by atoms with Crippen molar-refractivity contribution in [1.82, 2.24) is 4.90 Å². The van der Waals surface area contributed by atoms with Crippen LogP contribution < -0.4 is 0 Å². The molecule has 3 atom stereocenters. The van der Waals surface area contributed by atoms with Crippen molar-refractivity contribution in [3.05, 3.63) is 0 Å². The maximum atomic E-state index is 12.0. The first kappa shape index (κ1) is 12.8. The Morgan fingerprint density at radius 3 is 2.53 bits per heavy atom. The molecule has 1 aliphatic heterocycles. The van der Waals surface area contributed by atoms with E-state index < -0.39 is 12.5 Å². The van der Waals surface area contributed by atoms with Gasteiger partial charge in [-0.15, -0.1) is 13.2 Å². The monoisotopic (exact) mass is 225 g/mol. The lowest BCUT2D eigenvalue weighted by Crippen LogP contribution is -2.30. The van der Waals surface area contributed by atoms with E-state index in [0.717, 1.165) is 6.42 Å². The van der Waals surface area contributed by atoms with Crippen LogP contribution in [0.4, 0.5) is 13.2 Å². The van der Waals surface area contributed by atoms with Crippen LogP contribution in [0.25, 0.3) is 0 Å². The van der Waals surface area contributed by atoms with E-state index in [0.29, 0.717) is 18.9 Å². The SMILES string of the molecule is CCC(C)C1CC(OC(F)(F)F)CN1C. The molecule has 1 aliphatic rings. The van der Waals surface area contributed by atoms with Crippen molar-refractivity contribution in [1.29, 1.82) is 0 Å². The summed E-state index contributed by atoms with van der Waals surface area (Å²) in [6.07, 6.45) is -3.75. The average molecular weight is 225 g/mol. The zero-order chi connectivity index (χ0) is 11.6. The quantitative estimate of drug-likeness (QED) is 0.732. The molecule has 1 fully saturated rings. The minimum Gasteiger partial charge on any atom is -0.300 e. The van der Waals surface area contributed by atoms with E-state index in [9.17, 15) is 13.2 Å². The zero-order valence-electron chi connectivity index (χ0n) is 9.34. The van der Waals surface area contributed by atoms with E-state index in [1.807, 2.05) is 11.9 Å². The van der Waals surface area contributed by atoms with E-state index in [1.54, 1.807) is 0 Å². The predicted molar refractivity (Wildman–Crippen MR) is 51.4 cm³/mol. The van der Waals surface area contributed by atoms with Crippen LogP contribution in [-0.2, 0) is 4.74 Å². The lowest BCUT2D eigenvalue weighted by molar-refractivity contribution is -0.340. The first-order valence-corrected chi connectivity index (χ1v) is 5.28. The number of hydrogen-bond acceptors (Lipinski definition) is 2. The molecule has 0 spiro atoms. The van der Waals surface area contributed by atoms with E-state index >= 15 is 0 Å². The highest BCUT2D eigenvalue weighted by atomic mass is 19.4. The van der Waals surface area contributed by atoms with Crippen LogP contribution >= 0.6 is 0 Å². The largest absolute Gasteiger partial charge is 0.522 e. The second-order valence-corrected chi connectivity index (χ2v) is 4.31. The fraction of sp³-hybridized carbons (Fsp3) is 1.00. The van der Waals surface area contributed by atoms with Gasteiger partial charge in [0.1, 0.15) is 0 Å². The van der Waals surface area contributed by atoms with Gasteiger partial charge in [-0.05, 0) is 19.4 Å². The highest BCUT2D eigenvalue weighted by Gasteiger charge is 2.40. The van der Waals surface area contributed by atoms with Gasteiger partial charge in [-0.1, -0.05) is 20.3 Å². The van der Waals surface area contributed by atoms with Gasteiger partial charge in [0.2, 0.25) is 0 Å². The van der Waals surface area contributed by atoms with Crippen molar-refractivity contribution in [2.75, 3.05) is 13.6 Å². The number of hydrogen-bond donors (Lipinski definition) is 0. The smallest absolute Gasteiger partial charge is 0.300 e. The molecule has 1 heterocycles. The molecule has 90 valence electrons. The molecule has 2 nitrogen and oxygen atoms in total. The Labute approximate surface area is 88.4 Å². The van der Waals surface area contributed by atoms with Crippen LogP contribution in [0.5, 0.6) is 0 Å². The Morgan fingerprint density at radius 1 is 1.47 bits per heavy atom. The van der Waals surface area contributed by atoms with Crippen LogP contribution in [0.3, 0.4) is 0 Å². The normalized spacial score (nSPS) is 30.8. The van der Waals surface area contributed by atoms with Crippen LogP contribution in [0, 0.1) is 5.92 Å². The van der Waals surface area contributed by atoms with Crippen LogP contribution in [0.1, 0.15) is 26.7 Å². The molecule has 15 heavy (non-hydrogen) atoms. The summed E-state index contributed by atoms with van der Waals surface area (Å²) in [6.45, 7) is 4.49. The lowest BCUT2D eigenvalue weighted by atomic mass is 9.97. The molecule has 0 aromatic rings. The van der Waals surface area contributed by atoms with Gasteiger partial charge in [-0.25, -0.2) is 0 Å². The second-order valence-electron chi connectivity index (χ2n) is 4.31. The number of alkyl halides is 3. The first-order chi connectivity index (χ1) is 6.83. The zero-order valence-corrected chi connectivity index (χ0v) is 9.34. The Morgan fingerprint density at radius 2 is 2.07 bits per heavy atom. The van der Waals surface area contributed by atoms with Crippen LogP contribution in [-0.4, -0.2) is 37.0 Å². The highest BCUT2D eigenvalue weighted by Crippen LogP contribution is 2.30. The maximum Gasteiger partial charge on any atom is 0.522 e. The third-order valence-corrected chi connectivity index (χ3v) is 3.16. The molecule has 0 N–H and O–H groups in total. The third kappa shape index (κ3) is 3.65. The number of nitrogens with zero attached hydrogens (tertiary/aromatic N) is 1. The number of halogens is 3.